The van der Waals surface area contributed by atoms with Crippen LogP contribution in [0.3, 0.4) is 0 Å². The minimum atomic E-state index is 0.570. The predicted octanol–water partition coefficient (Wildman–Crippen LogP) is 9.06. The molecule has 2 saturated heterocycles. The first-order valence-corrected chi connectivity index (χ1v) is 15.1. The summed E-state index contributed by atoms with van der Waals surface area (Å²) in [4.78, 5) is 16.3. The second kappa shape index (κ2) is 10.9. The molecule has 2 N–H and O–H groups in total. The number of nitrogens with zero attached hydrogens (tertiary/aromatic N) is 5. The summed E-state index contributed by atoms with van der Waals surface area (Å²) in [6, 6.07) is 7.81. The van der Waals surface area contributed by atoms with Gasteiger partial charge in [0, 0.05) is 58.4 Å². The SMILES string of the molecule is [C-]#[N+]c1c(N)cc(Br)cc1N1CCC2(CC1)CC2.[C-]#[N+]c1c(N=CC)cc(Br)cc1N1CCC2(CC1)CC2. The molecule has 2 heterocycles. The highest BCUT2D eigenvalue weighted by Gasteiger charge is 2.45. The van der Waals surface area contributed by atoms with E-state index in [0.29, 0.717) is 27.9 Å². The fraction of sp³-hybridized carbons (Fsp3) is 0.500. The molecule has 4 fully saturated rings. The van der Waals surface area contributed by atoms with Crippen molar-refractivity contribution in [1.29, 1.82) is 0 Å². The Morgan fingerprint density at radius 2 is 1.21 bits per heavy atom. The minimum Gasteiger partial charge on any atom is -0.407 e. The summed E-state index contributed by atoms with van der Waals surface area (Å²) in [5.74, 6) is 0. The molecule has 8 heteroatoms. The molecule has 0 bridgehead atoms. The molecular weight excluding hydrogens is 604 g/mol. The van der Waals surface area contributed by atoms with Crippen LogP contribution in [0.1, 0.15) is 58.3 Å². The Bertz CT molecular complexity index is 1310. The highest BCUT2D eigenvalue weighted by molar-refractivity contribution is 9.10. The molecule has 2 aliphatic heterocycles. The summed E-state index contributed by atoms with van der Waals surface area (Å²) in [5.41, 5.74) is 11.9. The van der Waals surface area contributed by atoms with Crippen molar-refractivity contribution in [2.75, 3.05) is 41.7 Å². The van der Waals surface area contributed by atoms with Crippen LogP contribution < -0.4 is 15.5 Å². The van der Waals surface area contributed by atoms with Crippen LogP contribution >= 0.6 is 31.9 Å². The van der Waals surface area contributed by atoms with Crippen molar-refractivity contribution in [3.05, 3.63) is 56.0 Å². The summed E-state index contributed by atoms with van der Waals surface area (Å²) in [6.07, 6.45) is 12.4. The third-order valence-electron chi connectivity index (χ3n) is 8.85. The summed E-state index contributed by atoms with van der Waals surface area (Å²) in [7, 11) is 0. The van der Waals surface area contributed by atoms with Gasteiger partial charge in [-0.25, -0.2) is 9.69 Å². The maximum Gasteiger partial charge on any atom is 0.234 e. The maximum atomic E-state index is 7.49. The molecule has 2 spiro atoms. The number of aliphatic imine (C=N–C) groups is 1. The van der Waals surface area contributed by atoms with Gasteiger partial charge in [-0.3, -0.25) is 4.99 Å². The van der Waals surface area contributed by atoms with Crippen molar-refractivity contribution >= 4 is 72.2 Å². The third-order valence-corrected chi connectivity index (χ3v) is 9.77. The Hall–Kier alpha value is -2.55. The Morgan fingerprint density at radius 1 is 0.763 bits per heavy atom. The normalized spacial score (nSPS) is 20.6. The predicted molar refractivity (Wildman–Crippen MR) is 165 cm³/mol. The smallest absolute Gasteiger partial charge is 0.234 e. The standard InChI is InChI=1S/C16H18BrN3.C14H16BrN3/c1-3-19-13-10-12(17)11-14(15(13)18-2)20-8-6-16(4-5-16)7-9-20;1-17-13-11(16)8-10(15)9-12(13)18-6-4-14(2-3-14)5-7-18/h3,10-11H,4-9H2,1H3;8-9H,2-7,16H2. The molecule has 0 amide bonds. The van der Waals surface area contributed by atoms with Gasteiger partial charge in [0.1, 0.15) is 0 Å². The zero-order valence-corrected chi connectivity index (χ0v) is 25.1. The van der Waals surface area contributed by atoms with Crippen molar-refractivity contribution in [3.63, 3.8) is 0 Å². The van der Waals surface area contributed by atoms with E-state index < -0.39 is 0 Å². The molecule has 38 heavy (non-hydrogen) atoms. The number of hydrogen-bond acceptors (Lipinski definition) is 4. The monoisotopic (exact) mass is 636 g/mol. The number of halogens is 2. The maximum absolute atomic E-state index is 7.49. The summed E-state index contributed by atoms with van der Waals surface area (Å²) < 4.78 is 1.95. The second-order valence-corrected chi connectivity index (χ2v) is 13.1. The van der Waals surface area contributed by atoms with E-state index in [1.807, 2.05) is 25.1 Å². The molecule has 2 aromatic rings. The molecule has 0 unspecified atom stereocenters. The van der Waals surface area contributed by atoms with E-state index in [1.54, 1.807) is 6.21 Å². The number of nitrogens with two attached hydrogens (primary N) is 1. The average molecular weight is 638 g/mol. The van der Waals surface area contributed by atoms with Gasteiger partial charge in [-0.05, 0) is 93.4 Å². The first-order chi connectivity index (χ1) is 18.3. The lowest BCUT2D eigenvalue weighted by molar-refractivity contribution is 0.384. The second-order valence-electron chi connectivity index (χ2n) is 11.2. The van der Waals surface area contributed by atoms with E-state index in [-0.39, 0.29) is 0 Å². The lowest BCUT2D eigenvalue weighted by Gasteiger charge is -2.34. The Kier molecular flexibility index (Phi) is 7.76. The quantitative estimate of drug-likeness (QED) is 0.207. The van der Waals surface area contributed by atoms with Crippen molar-refractivity contribution in [1.82, 2.24) is 0 Å². The van der Waals surface area contributed by atoms with Gasteiger partial charge in [0.2, 0.25) is 11.4 Å². The molecule has 0 aromatic heterocycles. The van der Waals surface area contributed by atoms with Crippen LogP contribution in [0.25, 0.3) is 9.69 Å². The fourth-order valence-corrected chi connectivity index (χ4v) is 6.83. The van der Waals surface area contributed by atoms with E-state index in [4.69, 9.17) is 18.9 Å². The Labute approximate surface area is 243 Å². The van der Waals surface area contributed by atoms with Gasteiger partial charge in [0.15, 0.2) is 0 Å². The summed E-state index contributed by atoms with van der Waals surface area (Å²) in [6.45, 7) is 20.9. The van der Waals surface area contributed by atoms with Crippen LogP contribution in [-0.4, -0.2) is 32.4 Å². The van der Waals surface area contributed by atoms with E-state index in [9.17, 15) is 0 Å². The van der Waals surface area contributed by atoms with Crippen molar-refractivity contribution < 1.29 is 0 Å². The number of nitrogen functional groups attached to an aromatic ring is 1. The third kappa shape index (κ3) is 5.72. The molecule has 4 aliphatic rings. The largest absolute Gasteiger partial charge is 0.407 e. The fourth-order valence-electron chi connectivity index (χ4n) is 5.93. The lowest BCUT2D eigenvalue weighted by Crippen LogP contribution is -2.34. The van der Waals surface area contributed by atoms with Crippen LogP contribution in [0.15, 0.2) is 38.2 Å². The number of rotatable bonds is 3. The van der Waals surface area contributed by atoms with Gasteiger partial charge in [-0.2, -0.15) is 0 Å². The number of benzene rings is 2. The van der Waals surface area contributed by atoms with Crippen molar-refractivity contribution in [2.45, 2.75) is 58.3 Å². The van der Waals surface area contributed by atoms with Crippen LogP contribution in [0.4, 0.5) is 34.1 Å². The van der Waals surface area contributed by atoms with Crippen molar-refractivity contribution in [3.8, 4) is 0 Å². The number of piperidine rings is 2. The van der Waals surface area contributed by atoms with Gasteiger partial charge in [0.25, 0.3) is 0 Å². The zero-order valence-electron chi connectivity index (χ0n) is 21.9. The van der Waals surface area contributed by atoms with Gasteiger partial charge in [-0.15, -0.1) is 0 Å². The zero-order chi connectivity index (χ0) is 26.9. The lowest BCUT2D eigenvalue weighted by atomic mass is 9.93. The van der Waals surface area contributed by atoms with Crippen LogP contribution in [0.2, 0.25) is 0 Å². The van der Waals surface area contributed by atoms with Gasteiger partial charge in [0.05, 0.1) is 18.8 Å². The molecule has 6 nitrogen and oxygen atoms in total. The average Bonchev–Trinajstić information content (AvgIpc) is 3.84. The number of anilines is 3. The van der Waals surface area contributed by atoms with E-state index >= 15 is 0 Å². The molecule has 198 valence electrons. The molecule has 2 aliphatic carbocycles. The Morgan fingerprint density at radius 3 is 1.63 bits per heavy atom. The van der Waals surface area contributed by atoms with Gasteiger partial charge < -0.3 is 15.5 Å². The minimum absolute atomic E-state index is 0.570. The van der Waals surface area contributed by atoms with Crippen LogP contribution in [0.5, 0.6) is 0 Å². The molecule has 0 atom stereocenters. The Balaban J connectivity index is 0.000000156. The molecule has 0 radical (unpaired) electrons. The molecule has 2 saturated carbocycles. The molecular formula is C30H34Br2N6. The first-order valence-electron chi connectivity index (χ1n) is 13.5. The van der Waals surface area contributed by atoms with Gasteiger partial charge in [-0.1, -0.05) is 31.9 Å². The summed E-state index contributed by atoms with van der Waals surface area (Å²) >= 11 is 7.01. The highest BCUT2D eigenvalue weighted by atomic mass is 79.9. The summed E-state index contributed by atoms with van der Waals surface area (Å²) in [5, 5.41) is 0. The highest BCUT2D eigenvalue weighted by Crippen LogP contribution is 2.55. The van der Waals surface area contributed by atoms with E-state index in [0.717, 1.165) is 52.2 Å². The van der Waals surface area contributed by atoms with Crippen molar-refractivity contribution in [2.24, 2.45) is 15.8 Å². The van der Waals surface area contributed by atoms with Crippen LogP contribution in [-0.2, 0) is 0 Å². The number of hydrogen-bond donors (Lipinski definition) is 1. The molecule has 6 rings (SSSR count). The van der Waals surface area contributed by atoms with E-state index in [2.05, 4.69) is 62.4 Å². The van der Waals surface area contributed by atoms with E-state index in [1.165, 1.54) is 51.4 Å². The van der Waals surface area contributed by atoms with Crippen LogP contribution in [0, 0.1) is 24.0 Å². The van der Waals surface area contributed by atoms with Gasteiger partial charge >= 0.3 is 0 Å². The topological polar surface area (TPSA) is 53.6 Å². The molecule has 2 aromatic carbocycles. The first kappa shape index (κ1) is 27.0.